The number of amides is 2. The zero-order chi connectivity index (χ0) is 22.7. The number of aliphatic carboxylic acids is 1. The van der Waals surface area contributed by atoms with Gasteiger partial charge < -0.3 is 31.5 Å². The van der Waals surface area contributed by atoms with Crippen molar-refractivity contribution in [2.75, 3.05) is 25.2 Å². The van der Waals surface area contributed by atoms with Crippen LogP contribution in [0, 0.1) is 0 Å². The van der Waals surface area contributed by atoms with Crippen LogP contribution >= 0.6 is 23.1 Å². The number of carboxylic acids is 1. The maximum Gasteiger partial charge on any atom is 0.354 e. The topological polar surface area (TPSA) is 200 Å². The van der Waals surface area contributed by atoms with Gasteiger partial charge in [0.05, 0.1) is 0 Å². The van der Waals surface area contributed by atoms with Crippen molar-refractivity contribution in [3.8, 4) is 0 Å². The highest BCUT2D eigenvalue weighted by Crippen LogP contribution is 2.37. The summed E-state index contributed by atoms with van der Waals surface area (Å²) in [4.78, 5) is 58.2. The van der Waals surface area contributed by atoms with Gasteiger partial charge in [0.25, 0.3) is 11.8 Å². The predicted molar refractivity (Wildman–Crippen MR) is 110 cm³/mol. The number of ether oxygens (including phenoxy) is 1. The summed E-state index contributed by atoms with van der Waals surface area (Å²) in [6, 6.07) is -2.30. The number of hydrogen-bond acceptors (Lipinski definition) is 12. The van der Waals surface area contributed by atoms with Crippen molar-refractivity contribution in [1.29, 1.82) is 0 Å². The number of nitrogen functional groups attached to an aromatic ring is 1. The number of β-lactam (4-membered cyclic amide) rings is 1. The maximum absolute atomic E-state index is 12.7. The van der Waals surface area contributed by atoms with E-state index in [4.69, 9.17) is 26.1 Å². The summed E-state index contributed by atoms with van der Waals surface area (Å²) in [5.74, 6) is -3.06. The number of carbonyl (C=O) groups is 4. The fourth-order valence-corrected chi connectivity index (χ4v) is 4.48. The van der Waals surface area contributed by atoms with E-state index < -0.39 is 47.8 Å². The smallest absolute Gasteiger partial charge is 0.354 e. The Labute approximate surface area is 183 Å². The number of fused-ring (bicyclic) bond motifs is 1. The van der Waals surface area contributed by atoms with E-state index in [2.05, 4.69) is 15.5 Å². The third-order valence-corrected chi connectivity index (χ3v) is 6.07. The molecular weight excluding hydrogens is 452 g/mol. The van der Waals surface area contributed by atoms with Gasteiger partial charge in [-0.2, -0.15) is 0 Å². The monoisotopic (exact) mass is 470 g/mol. The van der Waals surface area contributed by atoms with Gasteiger partial charge in [-0.05, 0) is 6.08 Å². The summed E-state index contributed by atoms with van der Waals surface area (Å²) in [5.41, 5.74) is 10.9. The molecule has 1 aromatic heterocycles. The number of oxime groups is 1. The zero-order valence-corrected chi connectivity index (χ0v) is 17.6. The highest BCUT2D eigenvalue weighted by atomic mass is 32.2. The Balaban J connectivity index is 1.66. The van der Waals surface area contributed by atoms with Crippen molar-refractivity contribution in [3.63, 3.8) is 0 Å². The molecule has 2 amide bonds. The average molecular weight is 470 g/mol. The van der Waals surface area contributed by atoms with E-state index in [0.29, 0.717) is 5.75 Å². The molecule has 2 unspecified atom stereocenters. The van der Waals surface area contributed by atoms with Crippen LogP contribution in [0.2, 0.25) is 0 Å². The Morgan fingerprint density at radius 3 is 2.84 bits per heavy atom. The third-order valence-electron chi connectivity index (χ3n) is 4.22. The number of hydrogen-bond donors (Lipinski definition) is 4. The number of carbonyl (C=O) groups excluding carboxylic acids is 3. The van der Waals surface area contributed by atoms with Gasteiger partial charge in [-0.3, -0.25) is 19.3 Å². The first-order chi connectivity index (χ1) is 14.7. The number of esters is 1. The molecule has 0 aliphatic carbocycles. The second-order valence-corrected chi connectivity index (χ2v) is 8.25. The fourth-order valence-electron chi connectivity index (χ4n) is 2.74. The lowest BCUT2D eigenvalue weighted by molar-refractivity contribution is -0.153. The average Bonchev–Trinajstić information content (AvgIpc) is 3.18. The van der Waals surface area contributed by atoms with Gasteiger partial charge in [0.15, 0.2) is 10.8 Å². The molecule has 1 aromatic rings. The molecule has 2 aliphatic heterocycles. The minimum absolute atomic E-state index is 0.0325. The number of nitrogens with zero attached hydrogens (tertiary/aromatic N) is 3. The van der Waals surface area contributed by atoms with Gasteiger partial charge in [0, 0.05) is 11.1 Å². The molecule has 2 aliphatic rings. The summed E-state index contributed by atoms with van der Waals surface area (Å²) < 4.78 is 4.89. The molecule has 13 nitrogen and oxygen atoms in total. The molecule has 0 radical (unpaired) electrons. The molecule has 1 saturated heterocycles. The number of nitrogens with one attached hydrogen (secondary N) is 1. The fraction of sp³-hybridized carbons (Fsp3) is 0.375. The SMILES string of the molecule is CO/N=C(\C(=O)NC1C(=O)N2C(C(=O)OCC(N)C(=O)O)=CCS[C@H]12)c1csc(N)n1. The molecule has 0 bridgehead atoms. The summed E-state index contributed by atoms with van der Waals surface area (Å²) in [6.07, 6.45) is 1.49. The van der Waals surface area contributed by atoms with Crippen LogP contribution in [0.15, 0.2) is 22.3 Å². The Hall–Kier alpha value is -3.17. The van der Waals surface area contributed by atoms with Crippen LogP contribution in [0.5, 0.6) is 0 Å². The summed E-state index contributed by atoms with van der Waals surface area (Å²) >= 11 is 2.44. The van der Waals surface area contributed by atoms with Crippen LogP contribution in [0.25, 0.3) is 0 Å². The molecular formula is C16H18N6O7S2. The van der Waals surface area contributed by atoms with Gasteiger partial charge in [-0.1, -0.05) is 5.16 Å². The normalized spacial score (nSPS) is 21.4. The minimum Gasteiger partial charge on any atom is -0.480 e. The van der Waals surface area contributed by atoms with E-state index in [9.17, 15) is 19.2 Å². The van der Waals surface area contributed by atoms with E-state index in [1.807, 2.05) is 0 Å². The van der Waals surface area contributed by atoms with Crippen LogP contribution < -0.4 is 16.8 Å². The van der Waals surface area contributed by atoms with E-state index in [-0.39, 0.29) is 22.2 Å². The number of aromatic nitrogens is 1. The van der Waals surface area contributed by atoms with Crippen LogP contribution in [-0.4, -0.2) is 81.4 Å². The minimum atomic E-state index is -1.38. The van der Waals surface area contributed by atoms with E-state index in [1.54, 1.807) is 0 Å². The van der Waals surface area contributed by atoms with E-state index >= 15 is 0 Å². The number of carboxylic acid groups (broad SMARTS) is 1. The number of anilines is 1. The molecule has 0 saturated carbocycles. The summed E-state index contributed by atoms with van der Waals surface area (Å²) in [6.45, 7) is -0.543. The van der Waals surface area contributed by atoms with E-state index in [1.165, 1.54) is 35.2 Å². The van der Waals surface area contributed by atoms with Gasteiger partial charge in [0.1, 0.15) is 42.6 Å². The Bertz CT molecular complexity index is 977. The number of rotatable bonds is 8. The maximum atomic E-state index is 12.7. The molecule has 0 aromatic carbocycles. The van der Waals surface area contributed by atoms with Gasteiger partial charge >= 0.3 is 11.9 Å². The van der Waals surface area contributed by atoms with Crippen LogP contribution in [0.1, 0.15) is 5.69 Å². The van der Waals surface area contributed by atoms with Crippen LogP contribution in [0.4, 0.5) is 5.13 Å². The highest BCUT2D eigenvalue weighted by Gasteiger charge is 2.53. The molecule has 166 valence electrons. The number of thioether (sulfide) groups is 1. The first kappa shape index (κ1) is 22.5. The van der Waals surface area contributed by atoms with Gasteiger partial charge in [-0.25, -0.2) is 9.78 Å². The van der Waals surface area contributed by atoms with Gasteiger partial charge in [-0.15, -0.1) is 23.1 Å². The van der Waals surface area contributed by atoms with Crippen molar-refractivity contribution in [3.05, 3.63) is 22.8 Å². The Morgan fingerprint density at radius 1 is 1.48 bits per heavy atom. The molecule has 3 rings (SSSR count). The lowest BCUT2D eigenvalue weighted by Gasteiger charge is -2.48. The molecule has 3 heterocycles. The lowest BCUT2D eigenvalue weighted by atomic mass is 10.0. The highest BCUT2D eigenvalue weighted by molar-refractivity contribution is 8.00. The molecule has 6 N–H and O–H groups in total. The second kappa shape index (κ2) is 9.32. The first-order valence-corrected chi connectivity index (χ1v) is 10.6. The van der Waals surface area contributed by atoms with Crippen LogP contribution in [0.3, 0.4) is 0 Å². The first-order valence-electron chi connectivity index (χ1n) is 8.68. The zero-order valence-electron chi connectivity index (χ0n) is 16.0. The van der Waals surface area contributed by atoms with Crippen LogP contribution in [-0.2, 0) is 28.8 Å². The van der Waals surface area contributed by atoms with Gasteiger partial charge in [0.2, 0.25) is 0 Å². The Morgan fingerprint density at radius 2 is 2.23 bits per heavy atom. The molecule has 15 heteroatoms. The predicted octanol–water partition coefficient (Wildman–Crippen LogP) is -1.69. The van der Waals surface area contributed by atoms with E-state index in [0.717, 1.165) is 11.3 Å². The van der Waals surface area contributed by atoms with Crippen molar-refractivity contribution in [2.45, 2.75) is 17.5 Å². The summed E-state index contributed by atoms with van der Waals surface area (Å²) in [7, 11) is 1.26. The summed E-state index contributed by atoms with van der Waals surface area (Å²) in [5, 5.41) is 16.2. The quantitative estimate of drug-likeness (QED) is 0.146. The van der Waals surface area contributed by atoms with Crippen molar-refractivity contribution < 1.29 is 33.9 Å². The second-order valence-electron chi connectivity index (χ2n) is 6.21. The van der Waals surface area contributed by atoms with Crippen molar-refractivity contribution >= 4 is 57.7 Å². The van der Waals surface area contributed by atoms with Crippen molar-refractivity contribution in [2.24, 2.45) is 10.9 Å². The lowest BCUT2D eigenvalue weighted by Crippen LogP contribution is -2.70. The molecule has 31 heavy (non-hydrogen) atoms. The molecule has 3 atom stereocenters. The largest absolute Gasteiger partial charge is 0.480 e. The Kier molecular flexibility index (Phi) is 6.77. The number of nitrogens with two attached hydrogens (primary N) is 2. The molecule has 0 spiro atoms. The molecule has 1 fully saturated rings. The van der Waals surface area contributed by atoms with Crippen molar-refractivity contribution in [1.82, 2.24) is 15.2 Å². The number of thiazole rings is 1. The third kappa shape index (κ3) is 4.62. The standard InChI is InChI=1S/C16H18N6O7S2/c1-28-21-9(7-5-31-16(18)19-7)11(23)20-10-12(24)22-8(2-3-30-13(10)22)15(27)29-4-6(17)14(25)26/h2,5-6,10,13H,3-4,17H2,1H3,(H2,18,19)(H,20,23)(H,25,26)/b21-9-/t6?,10?,13-/m1/s1.